The van der Waals surface area contributed by atoms with Gasteiger partial charge in [0.15, 0.2) is 0 Å². The zero-order valence-electron chi connectivity index (χ0n) is 16.2. The predicted octanol–water partition coefficient (Wildman–Crippen LogP) is 3.42. The Hall–Kier alpha value is -2.25. The second-order valence-electron chi connectivity index (χ2n) is 7.81. The van der Waals surface area contributed by atoms with E-state index in [1.165, 1.54) is 27.6 Å². The van der Waals surface area contributed by atoms with Crippen molar-refractivity contribution >= 4 is 15.9 Å². The van der Waals surface area contributed by atoms with Crippen LogP contribution in [0.1, 0.15) is 42.9 Å². The van der Waals surface area contributed by atoms with Gasteiger partial charge >= 0.3 is 0 Å². The minimum Gasteiger partial charge on any atom is -0.349 e. The van der Waals surface area contributed by atoms with Gasteiger partial charge in [0.25, 0.3) is 0 Å². The van der Waals surface area contributed by atoms with Gasteiger partial charge in [-0.3, -0.25) is 4.79 Å². The van der Waals surface area contributed by atoms with Gasteiger partial charge in [-0.25, -0.2) is 12.8 Å². The highest BCUT2D eigenvalue weighted by molar-refractivity contribution is 7.89. The lowest BCUT2D eigenvalue weighted by atomic mass is 9.87. The van der Waals surface area contributed by atoms with Crippen molar-refractivity contribution in [1.29, 1.82) is 0 Å². The number of carbonyl (C=O) groups excluding carboxylic acids is 1. The van der Waals surface area contributed by atoms with Crippen molar-refractivity contribution in [1.82, 2.24) is 9.62 Å². The SMILES string of the molecule is O=C(N[C@H]1CCCc2ccccc21)[C@H]1CCCN(S(=O)(=O)c2ccc(F)cc2)C1. The lowest BCUT2D eigenvalue weighted by molar-refractivity contribution is -0.127. The summed E-state index contributed by atoms with van der Waals surface area (Å²) in [6.45, 7) is 0.523. The number of amides is 1. The molecule has 0 bridgehead atoms. The summed E-state index contributed by atoms with van der Waals surface area (Å²) in [5.41, 5.74) is 2.44. The zero-order valence-corrected chi connectivity index (χ0v) is 17.0. The van der Waals surface area contributed by atoms with E-state index in [1.54, 1.807) is 0 Å². The highest BCUT2D eigenvalue weighted by Gasteiger charge is 2.34. The highest BCUT2D eigenvalue weighted by atomic mass is 32.2. The van der Waals surface area contributed by atoms with Crippen molar-refractivity contribution in [2.75, 3.05) is 13.1 Å². The molecule has 29 heavy (non-hydrogen) atoms. The number of piperidine rings is 1. The lowest BCUT2D eigenvalue weighted by Crippen LogP contribution is -2.46. The third-order valence-electron chi connectivity index (χ3n) is 5.89. The summed E-state index contributed by atoms with van der Waals surface area (Å²) in [6, 6.07) is 13.0. The maximum Gasteiger partial charge on any atom is 0.243 e. The molecular weight excluding hydrogens is 391 g/mol. The Bertz CT molecular complexity index is 991. The largest absolute Gasteiger partial charge is 0.349 e. The van der Waals surface area contributed by atoms with Crippen LogP contribution < -0.4 is 5.32 Å². The normalized spacial score (nSPS) is 22.7. The quantitative estimate of drug-likeness (QED) is 0.831. The molecule has 0 saturated carbocycles. The predicted molar refractivity (Wildman–Crippen MR) is 108 cm³/mol. The molecule has 1 amide bonds. The van der Waals surface area contributed by atoms with E-state index in [0.717, 1.165) is 31.4 Å². The molecule has 7 heteroatoms. The summed E-state index contributed by atoms with van der Waals surface area (Å²) in [6.07, 6.45) is 4.23. The number of nitrogens with zero attached hydrogens (tertiary/aromatic N) is 1. The summed E-state index contributed by atoms with van der Waals surface area (Å²) < 4.78 is 40.3. The molecular formula is C22H25FN2O3S. The molecule has 2 aromatic rings. The Kier molecular flexibility index (Phi) is 5.69. The fraction of sp³-hybridized carbons (Fsp3) is 0.409. The topological polar surface area (TPSA) is 66.5 Å². The summed E-state index contributed by atoms with van der Waals surface area (Å²) in [5.74, 6) is -0.952. The number of sulfonamides is 1. The van der Waals surface area contributed by atoms with E-state index in [0.29, 0.717) is 19.4 Å². The standard InChI is InChI=1S/C22H25FN2O3S/c23-18-10-12-19(13-11-18)29(27,28)25-14-4-7-17(15-25)22(26)24-21-9-3-6-16-5-1-2-8-20(16)21/h1-2,5,8,10-13,17,21H,3-4,6-7,9,14-15H2,(H,24,26)/t17-,21-/m0/s1. The maximum absolute atomic E-state index is 13.2. The third-order valence-corrected chi connectivity index (χ3v) is 7.77. The summed E-state index contributed by atoms with van der Waals surface area (Å²) >= 11 is 0. The van der Waals surface area contributed by atoms with Gasteiger partial charge < -0.3 is 5.32 Å². The Labute approximate surface area is 171 Å². The van der Waals surface area contributed by atoms with Crippen molar-refractivity contribution in [3.05, 3.63) is 65.5 Å². The molecule has 2 aromatic carbocycles. The van der Waals surface area contributed by atoms with E-state index in [1.807, 2.05) is 12.1 Å². The van der Waals surface area contributed by atoms with Crippen LogP contribution >= 0.6 is 0 Å². The molecule has 5 nitrogen and oxygen atoms in total. The molecule has 1 saturated heterocycles. The number of hydrogen-bond acceptors (Lipinski definition) is 3. The molecule has 0 radical (unpaired) electrons. The van der Waals surface area contributed by atoms with Crippen LogP contribution in [0.25, 0.3) is 0 Å². The van der Waals surface area contributed by atoms with Gasteiger partial charge in [-0.1, -0.05) is 24.3 Å². The van der Waals surface area contributed by atoms with E-state index in [4.69, 9.17) is 0 Å². The maximum atomic E-state index is 13.2. The van der Waals surface area contributed by atoms with Gasteiger partial charge in [-0.05, 0) is 67.5 Å². The van der Waals surface area contributed by atoms with Crippen LogP contribution in [0.3, 0.4) is 0 Å². The molecule has 4 rings (SSSR count). The van der Waals surface area contributed by atoms with Crippen LogP contribution in [-0.4, -0.2) is 31.7 Å². The van der Waals surface area contributed by atoms with Crippen LogP contribution in [-0.2, 0) is 21.2 Å². The van der Waals surface area contributed by atoms with E-state index >= 15 is 0 Å². The average molecular weight is 417 g/mol. The number of benzene rings is 2. The third kappa shape index (κ3) is 4.21. The molecule has 154 valence electrons. The average Bonchev–Trinajstić information content (AvgIpc) is 2.74. The molecule has 1 aliphatic carbocycles. The van der Waals surface area contributed by atoms with Crippen molar-refractivity contribution in [3.63, 3.8) is 0 Å². The van der Waals surface area contributed by atoms with Crippen molar-refractivity contribution in [2.24, 2.45) is 5.92 Å². The Morgan fingerprint density at radius 1 is 1.03 bits per heavy atom. The van der Waals surface area contributed by atoms with Gasteiger partial charge in [0.2, 0.25) is 15.9 Å². The Morgan fingerprint density at radius 2 is 1.79 bits per heavy atom. The molecule has 0 unspecified atom stereocenters. The van der Waals surface area contributed by atoms with Crippen LogP contribution in [0.15, 0.2) is 53.4 Å². The van der Waals surface area contributed by atoms with E-state index in [9.17, 15) is 17.6 Å². The monoisotopic (exact) mass is 416 g/mol. The molecule has 1 heterocycles. The van der Waals surface area contributed by atoms with Crippen LogP contribution in [0.4, 0.5) is 4.39 Å². The number of halogens is 1. The fourth-order valence-corrected chi connectivity index (χ4v) is 5.85. The van der Waals surface area contributed by atoms with Crippen molar-refractivity contribution in [3.8, 4) is 0 Å². The summed E-state index contributed by atoms with van der Waals surface area (Å²) in [5, 5.41) is 3.15. The van der Waals surface area contributed by atoms with Crippen LogP contribution in [0.2, 0.25) is 0 Å². The number of hydrogen-bond donors (Lipinski definition) is 1. The molecule has 1 fully saturated rings. The van der Waals surface area contributed by atoms with E-state index in [-0.39, 0.29) is 29.3 Å². The molecule has 1 aliphatic heterocycles. The van der Waals surface area contributed by atoms with Gasteiger partial charge in [0.05, 0.1) is 16.9 Å². The van der Waals surface area contributed by atoms with Crippen LogP contribution in [0.5, 0.6) is 0 Å². The molecule has 2 aliphatic rings. The second kappa shape index (κ2) is 8.24. The lowest BCUT2D eigenvalue weighted by Gasteiger charge is -2.33. The van der Waals surface area contributed by atoms with Gasteiger partial charge in [-0.2, -0.15) is 4.31 Å². The first-order valence-corrected chi connectivity index (χ1v) is 11.5. The van der Waals surface area contributed by atoms with Crippen molar-refractivity contribution < 1.29 is 17.6 Å². The Balaban J connectivity index is 1.46. The Morgan fingerprint density at radius 3 is 2.59 bits per heavy atom. The smallest absolute Gasteiger partial charge is 0.243 e. The first kappa shape index (κ1) is 20.0. The molecule has 0 aromatic heterocycles. The molecule has 2 atom stereocenters. The zero-order chi connectivity index (χ0) is 20.4. The first-order valence-electron chi connectivity index (χ1n) is 10.1. The van der Waals surface area contributed by atoms with E-state index in [2.05, 4.69) is 17.4 Å². The van der Waals surface area contributed by atoms with E-state index < -0.39 is 15.8 Å². The minimum atomic E-state index is -3.74. The number of aryl methyl sites for hydroxylation is 1. The van der Waals surface area contributed by atoms with Gasteiger partial charge in [0.1, 0.15) is 5.82 Å². The minimum absolute atomic E-state index is 0.0171. The number of rotatable bonds is 4. The number of carbonyl (C=O) groups is 1. The van der Waals surface area contributed by atoms with Crippen LogP contribution in [0, 0.1) is 11.7 Å². The fourth-order valence-electron chi connectivity index (χ4n) is 4.32. The van der Waals surface area contributed by atoms with Gasteiger partial charge in [0, 0.05) is 13.1 Å². The second-order valence-corrected chi connectivity index (χ2v) is 9.75. The molecule has 1 N–H and O–H groups in total. The van der Waals surface area contributed by atoms with Gasteiger partial charge in [-0.15, -0.1) is 0 Å². The molecule has 0 spiro atoms. The summed E-state index contributed by atoms with van der Waals surface area (Å²) in [7, 11) is -3.74. The number of nitrogens with one attached hydrogen (secondary N) is 1. The number of fused-ring (bicyclic) bond motifs is 1. The van der Waals surface area contributed by atoms with Crippen molar-refractivity contribution in [2.45, 2.75) is 43.0 Å². The highest BCUT2D eigenvalue weighted by Crippen LogP contribution is 2.31. The first-order chi connectivity index (χ1) is 13.9. The summed E-state index contributed by atoms with van der Waals surface area (Å²) in [4.78, 5) is 13.0.